The van der Waals surface area contributed by atoms with Gasteiger partial charge < -0.3 is 0 Å². The molecule has 12 aromatic rings. The SMILES string of the molecule is c1ccc(-c2cccc(-c3ccncc3)c2C(=C(c2c(-c3ccccc3)cccc2-c2ccncc2)c2c(-c3ccccc3)cccc2-c2ccncc2)c2c(-c3ccccc3)cccc2-c2ccncc2)cc1. The Morgan fingerprint density at radius 2 is 0.324 bits per heavy atom. The van der Waals surface area contributed by atoms with Gasteiger partial charge in [-0.15, -0.1) is 0 Å². The van der Waals surface area contributed by atoms with Crippen molar-refractivity contribution < 1.29 is 0 Å². The fourth-order valence-corrected chi connectivity index (χ4v) is 10.6. The topological polar surface area (TPSA) is 51.6 Å². The summed E-state index contributed by atoms with van der Waals surface area (Å²) < 4.78 is 0. The second-order valence-electron chi connectivity index (χ2n) is 18.1. The van der Waals surface area contributed by atoms with E-state index < -0.39 is 0 Å². The number of hydrogen-bond acceptors (Lipinski definition) is 4. The normalized spacial score (nSPS) is 11.0. The van der Waals surface area contributed by atoms with E-state index in [9.17, 15) is 0 Å². The number of rotatable bonds is 12. The maximum absolute atomic E-state index is 4.57. The maximum atomic E-state index is 4.57. The van der Waals surface area contributed by atoms with Crippen LogP contribution in [0.3, 0.4) is 0 Å². The Morgan fingerprint density at radius 1 is 0.162 bits per heavy atom. The van der Waals surface area contributed by atoms with Gasteiger partial charge in [-0.05, 0) is 171 Å². The van der Waals surface area contributed by atoms with E-state index in [4.69, 9.17) is 0 Å². The fraction of sp³-hybridized carbons (Fsp3) is 0. The highest BCUT2D eigenvalue weighted by molar-refractivity contribution is 6.20. The van der Waals surface area contributed by atoms with Crippen LogP contribution in [0.4, 0.5) is 0 Å². The van der Waals surface area contributed by atoms with Gasteiger partial charge in [-0.3, -0.25) is 19.9 Å². The van der Waals surface area contributed by atoms with E-state index in [0.717, 1.165) is 122 Å². The van der Waals surface area contributed by atoms with Crippen molar-refractivity contribution in [2.24, 2.45) is 0 Å². The second kappa shape index (κ2) is 20.8. The molecule has 8 aromatic carbocycles. The molecule has 0 fully saturated rings. The van der Waals surface area contributed by atoms with E-state index >= 15 is 0 Å². The molecule has 0 saturated carbocycles. The van der Waals surface area contributed by atoms with E-state index in [2.05, 4.69) is 263 Å². The molecule has 4 aromatic heterocycles. The van der Waals surface area contributed by atoms with E-state index in [-0.39, 0.29) is 0 Å². The van der Waals surface area contributed by atoms with Crippen LogP contribution < -0.4 is 0 Å². The molecule has 0 amide bonds. The zero-order valence-corrected chi connectivity index (χ0v) is 40.5. The zero-order chi connectivity index (χ0) is 49.5. The van der Waals surface area contributed by atoms with Gasteiger partial charge in [0, 0.05) is 49.6 Å². The Hall–Kier alpha value is -9.90. The molecule has 0 aliphatic rings. The summed E-state index contributed by atoms with van der Waals surface area (Å²) in [6.45, 7) is 0. The van der Waals surface area contributed by atoms with Crippen LogP contribution in [0.1, 0.15) is 22.3 Å². The Kier molecular flexibility index (Phi) is 12.7. The number of hydrogen-bond donors (Lipinski definition) is 0. The summed E-state index contributed by atoms with van der Waals surface area (Å²) in [4.78, 5) is 18.3. The lowest BCUT2D eigenvalue weighted by molar-refractivity contribution is 1.32. The third kappa shape index (κ3) is 8.82. The number of aromatic nitrogens is 4. The molecule has 0 aliphatic carbocycles. The Bertz CT molecular complexity index is 3140. The van der Waals surface area contributed by atoms with Crippen LogP contribution in [-0.4, -0.2) is 19.9 Å². The van der Waals surface area contributed by atoms with Gasteiger partial charge in [0.1, 0.15) is 0 Å². The molecule has 4 heteroatoms. The van der Waals surface area contributed by atoms with Gasteiger partial charge in [-0.1, -0.05) is 194 Å². The second-order valence-corrected chi connectivity index (χ2v) is 18.1. The first-order valence-electron chi connectivity index (χ1n) is 24.9. The molecule has 0 aliphatic heterocycles. The van der Waals surface area contributed by atoms with Gasteiger partial charge in [0.25, 0.3) is 0 Å². The van der Waals surface area contributed by atoms with E-state index in [0.29, 0.717) is 0 Å². The Morgan fingerprint density at radius 3 is 0.500 bits per heavy atom. The van der Waals surface area contributed by atoms with Gasteiger partial charge in [0.05, 0.1) is 0 Å². The highest BCUT2D eigenvalue weighted by Gasteiger charge is 2.32. The van der Waals surface area contributed by atoms with Gasteiger partial charge in [-0.25, -0.2) is 0 Å². The lowest BCUT2D eigenvalue weighted by atomic mass is 9.72. The minimum absolute atomic E-state index is 1.05. The van der Waals surface area contributed by atoms with Gasteiger partial charge in [0.2, 0.25) is 0 Å². The van der Waals surface area contributed by atoms with Crippen LogP contribution in [0, 0.1) is 0 Å². The predicted molar refractivity (Wildman–Crippen MR) is 305 cm³/mol. The van der Waals surface area contributed by atoms with Crippen molar-refractivity contribution in [3.05, 3.63) is 314 Å². The summed E-state index contributed by atoms with van der Waals surface area (Å²) in [7, 11) is 0. The summed E-state index contributed by atoms with van der Waals surface area (Å²) in [5.41, 5.74) is 23.6. The summed E-state index contributed by atoms with van der Waals surface area (Å²) in [5, 5.41) is 0. The van der Waals surface area contributed by atoms with Gasteiger partial charge in [-0.2, -0.15) is 0 Å². The van der Waals surface area contributed by atoms with E-state index in [1.165, 1.54) is 0 Å². The molecule has 12 rings (SSSR count). The third-order valence-corrected chi connectivity index (χ3v) is 13.8. The molecule has 74 heavy (non-hydrogen) atoms. The van der Waals surface area contributed by atoms with Gasteiger partial charge in [0.15, 0.2) is 0 Å². The monoisotopic (exact) mass is 944 g/mol. The highest BCUT2D eigenvalue weighted by Crippen LogP contribution is 2.55. The van der Waals surface area contributed by atoms with E-state index in [1.54, 1.807) is 0 Å². The standard InChI is InChI=1S/C70H48N4/c1-5-17-49(18-6-1)57-25-13-29-61(53-33-41-71-42-34-53)65(57)69(66-58(50-19-7-2-8-20-50)26-14-30-62(66)54-35-43-72-44-36-54)70(67-59(51-21-9-3-10-22-51)27-15-31-63(67)55-37-45-73-46-38-55)68-60(52-23-11-4-12-24-52)28-16-32-64(68)56-39-47-74-48-40-56/h1-48H. The zero-order valence-electron chi connectivity index (χ0n) is 40.5. The van der Waals surface area contributed by atoms with Crippen LogP contribution in [0.15, 0.2) is 292 Å². The van der Waals surface area contributed by atoms with Crippen molar-refractivity contribution in [3.63, 3.8) is 0 Å². The van der Waals surface area contributed by atoms with E-state index in [1.807, 2.05) is 49.6 Å². The first-order valence-corrected chi connectivity index (χ1v) is 24.9. The Balaban J connectivity index is 1.45. The average molecular weight is 945 g/mol. The molecular formula is C70H48N4. The first kappa shape index (κ1) is 45.3. The maximum Gasteiger partial charge on any atom is 0.0273 e. The minimum Gasteiger partial charge on any atom is -0.265 e. The van der Waals surface area contributed by atoms with Crippen LogP contribution >= 0.6 is 0 Å². The van der Waals surface area contributed by atoms with Crippen molar-refractivity contribution in [2.45, 2.75) is 0 Å². The van der Waals surface area contributed by atoms with Crippen molar-refractivity contribution in [3.8, 4) is 89.0 Å². The lowest BCUT2D eigenvalue weighted by Crippen LogP contribution is -2.08. The molecule has 4 heterocycles. The largest absolute Gasteiger partial charge is 0.265 e. The number of benzene rings is 8. The summed E-state index contributed by atoms with van der Waals surface area (Å²) in [5.74, 6) is 0. The van der Waals surface area contributed by atoms with Crippen LogP contribution in [0.2, 0.25) is 0 Å². The minimum atomic E-state index is 1.05. The number of nitrogens with zero attached hydrogens (tertiary/aromatic N) is 4. The molecule has 348 valence electrons. The van der Waals surface area contributed by atoms with Crippen LogP contribution in [0.5, 0.6) is 0 Å². The Labute approximate surface area is 432 Å². The average Bonchev–Trinajstić information content (AvgIpc) is 3.50. The molecule has 0 spiro atoms. The molecule has 0 unspecified atom stereocenters. The molecule has 0 bridgehead atoms. The third-order valence-electron chi connectivity index (χ3n) is 13.8. The summed E-state index contributed by atoms with van der Waals surface area (Å²) >= 11 is 0. The smallest absolute Gasteiger partial charge is 0.0273 e. The highest BCUT2D eigenvalue weighted by atomic mass is 14.6. The molecule has 0 saturated heterocycles. The first-order chi connectivity index (χ1) is 36.8. The van der Waals surface area contributed by atoms with Gasteiger partial charge >= 0.3 is 0 Å². The van der Waals surface area contributed by atoms with Crippen molar-refractivity contribution in [1.82, 2.24) is 19.9 Å². The predicted octanol–water partition coefficient (Wildman–Crippen LogP) is 17.6. The van der Waals surface area contributed by atoms with Crippen LogP contribution in [-0.2, 0) is 0 Å². The summed E-state index contributed by atoms with van der Waals surface area (Å²) in [6.07, 6.45) is 15.2. The summed E-state index contributed by atoms with van der Waals surface area (Å²) in [6, 6.07) is 87.6. The van der Waals surface area contributed by atoms with Crippen LogP contribution in [0.25, 0.3) is 100 Å². The molecule has 4 nitrogen and oxygen atoms in total. The number of pyridine rings is 4. The molecule has 0 radical (unpaired) electrons. The van der Waals surface area contributed by atoms with Crippen molar-refractivity contribution in [1.29, 1.82) is 0 Å². The quantitative estimate of drug-likeness (QED) is 0.115. The van der Waals surface area contributed by atoms with Crippen molar-refractivity contribution in [2.75, 3.05) is 0 Å². The fourth-order valence-electron chi connectivity index (χ4n) is 10.6. The van der Waals surface area contributed by atoms with Crippen molar-refractivity contribution >= 4 is 11.1 Å². The molecule has 0 N–H and O–H groups in total. The molecular weight excluding hydrogens is 897 g/mol. The lowest BCUT2D eigenvalue weighted by Gasteiger charge is -2.31. The molecule has 0 atom stereocenters.